The van der Waals surface area contributed by atoms with Gasteiger partial charge in [-0.2, -0.15) is 0 Å². The topological polar surface area (TPSA) is 78.5 Å². The van der Waals surface area contributed by atoms with Crippen molar-refractivity contribution < 1.29 is 14.4 Å². The van der Waals surface area contributed by atoms with Gasteiger partial charge < -0.3 is 15.5 Å². The standard InChI is InChI=1S/C23H27Cl2N3O3S/c1-14(2)11-19(27-22(30)16-10-9-15(24)12-17(16)25)23(31)28(3)13-21(29)26-18-7-5-6-8-20(18)32-4/h5-10,12,14,19H,11,13H2,1-4H3,(H,26,29)(H,27,30). The fourth-order valence-electron chi connectivity index (χ4n) is 3.10. The average molecular weight is 496 g/mol. The third-order valence-corrected chi connectivity index (χ3v) is 5.97. The summed E-state index contributed by atoms with van der Waals surface area (Å²) < 4.78 is 0. The van der Waals surface area contributed by atoms with Crippen molar-refractivity contribution in [2.24, 2.45) is 5.92 Å². The van der Waals surface area contributed by atoms with Gasteiger partial charge in [-0.05, 0) is 48.9 Å². The van der Waals surface area contributed by atoms with E-state index in [9.17, 15) is 14.4 Å². The van der Waals surface area contributed by atoms with Gasteiger partial charge in [-0.15, -0.1) is 11.8 Å². The number of hydrogen-bond donors (Lipinski definition) is 2. The van der Waals surface area contributed by atoms with E-state index in [-0.39, 0.29) is 34.9 Å². The van der Waals surface area contributed by atoms with Gasteiger partial charge >= 0.3 is 0 Å². The number of para-hydroxylation sites is 1. The lowest BCUT2D eigenvalue weighted by molar-refractivity contribution is -0.135. The normalized spacial score (nSPS) is 11.7. The number of nitrogens with zero attached hydrogens (tertiary/aromatic N) is 1. The second-order valence-electron chi connectivity index (χ2n) is 7.72. The largest absolute Gasteiger partial charge is 0.340 e. The number of benzene rings is 2. The van der Waals surface area contributed by atoms with Crippen LogP contribution in [-0.4, -0.2) is 48.5 Å². The van der Waals surface area contributed by atoms with Gasteiger partial charge in [-0.25, -0.2) is 0 Å². The molecule has 2 aromatic carbocycles. The van der Waals surface area contributed by atoms with Crippen molar-refractivity contribution in [3.63, 3.8) is 0 Å². The number of hydrogen-bond acceptors (Lipinski definition) is 4. The van der Waals surface area contributed by atoms with E-state index >= 15 is 0 Å². The number of carbonyl (C=O) groups excluding carboxylic acids is 3. The SMILES string of the molecule is CSc1ccccc1NC(=O)CN(C)C(=O)C(CC(C)C)NC(=O)c1ccc(Cl)cc1Cl. The minimum Gasteiger partial charge on any atom is -0.340 e. The maximum atomic E-state index is 13.1. The Morgan fingerprint density at radius 1 is 1.09 bits per heavy atom. The Hall–Kier alpha value is -2.22. The van der Waals surface area contributed by atoms with Crippen LogP contribution in [0.25, 0.3) is 0 Å². The molecule has 0 aliphatic heterocycles. The maximum absolute atomic E-state index is 13.1. The van der Waals surface area contributed by atoms with E-state index in [1.165, 1.54) is 35.8 Å². The molecule has 1 unspecified atom stereocenters. The molecule has 0 fully saturated rings. The van der Waals surface area contributed by atoms with Crippen LogP contribution < -0.4 is 10.6 Å². The van der Waals surface area contributed by atoms with Gasteiger partial charge in [0.2, 0.25) is 11.8 Å². The van der Waals surface area contributed by atoms with Crippen molar-refractivity contribution in [1.82, 2.24) is 10.2 Å². The van der Waals surface area contributed by atoms with Crippen molar-refractivity contribution in [2.75, 3.05) is 25.2 Å². The maximum Gasteiger partial charge on any atom is 0.253 e. The van der Waals surface area contributed by atoms with Gasteiger partial charge in [-0.1, -0.05) is 49.2 Å². The molecule has 1 atom stereocenters. The number of carbonyl (C=O) groups is 3. The van der Waals surface area contributed by atoms with Crippen LogP contribution in [0.2, 0.25) is 10.0 Å². The van der Waals surface area contributed by atoms with E-state index < -0.39 is 11.9 Å². The van der Waals surface area contributed by atoms with E-state index in [0.717, 1.165) is 4.90 Å². The molecular formula is C23H27Cl2N3O3S. The average Bonchev–Trinajstić information content (AvgIpc) is 2.72. The van der Waals surface area contributed by atoms with Crippen molar-refractivity contribution in [2.45, 2.75) is 31.2 Å². The highest BCUT2D eigenvalue weighted by Crippen LogP contribution is 2.24. The summed E-state index contributed by atoms with van der Waals surface area (Å²) >= 11 is 13.5. The molecule has 0 saturated heterocycles. The lowest BCUT2D eigenvalue weighted by Gasteiger charge is -2.25. The molecule has 32 heavy (non-hydrogen) atoms. The second-order valence-corrected chi connectivity index (χ2v) is 9.41. The third kappa shape index (κ3) is 7.43. The Labute approximate surface area is 203 Å². The highest BCUT2D eigenvalue weighted by molar-refractivity contribution is 7.98. The highest BCUT2D eigenvalue weighted by atomic mass is 35.5. The van der Waals surface area contributed by atoms with Crippen molar-refractivity contribution in [1.29, 1.82) is 0 Å². The minimum absolute atomic E-state index is 0.139. The number of thioether (sulfide) groups is 1. The number of anilines is 1. The second kappa shape index (κ2) is 12.1. The minimum atomic E-state index is -0.800. The highest BCUT2D eigenvalue weighted by Gasteiger charge is 2.27. The number of halogens is 2. The third-order valence-electron chi connectivity index (χ3n) is 4.62. The van der Waals surface area contributed by atoms with Crippen LogP contribution in [0.15, 0.2) is 47.4 Å². The molecule has 0 saturated carbocycles. The van der Waals surface area contributed by atoms with Crippen molar-refractivity contribution in [3.05, 3.63) is 58.1 Å². The summed E-state index contributed by atoms with van der Waals surface area (Å²) in [7, 11) is 1.54. The molecule has 0 bridgehead atoms. The summed E-state index contributed by atoms with van der Waals surface area (Å²) in [6, 6.07) is 11.2. The molecule has 9 heteroatoms. The summed E-state index contributed by atoms with van der Waals surface area (Å²) in [4.78, 5) is 40.6. The molecule has 2 aromatic rings. The Morgan fingerprint density at radius 2 is 1.78 bits per heavy atom. The van der Waals surface area contributed by atoms with Crippen molar-refractivity contribution in [3.8, 4) is 0 Å². The molecule has 0 aromatic heterocycles. The monoisotopic (exact) mass is 495 g/mol. The van der Waals surface area contributed by atoms with Gasteiger partial charge in [0.05, 0.1) is 22.8 Å². The number of amides is 3. The van der Waals surface area contributed by atoms with E-state index in [2.05, 4.69) is 10.6 Å². The summed E-state index contributed by atoms with van der Waals surface area (Å²) in [5.41, 5.74) is 0.918. The fraction of sp³-hybridized carbons (Fsp3) is 0.348. The van der Waals surface area contributed by atoms with Gasteiger partial charge in [0.1, 0.15) is 6.04 Å². The predicted octanol–water partition coefficient (Wildman–Crippen LogP) is 4.96. The molecule has 3 amide bonds. The van der Waals surface area contributed by atoms with E-state index in [1.807, 2.05) is 44.4 Å². The Bertz CT molecular complexity index is 985. The van der Waals surface area contributed by atoms with Gasteiger partial charge in [0.25, 0.3) is 5.91 Å². The molecule has 0 spiro atoms. The molecule has 6 nitrogen and oxygen atoms in total. The van der Waals surface area contributed by atoms with E-state index in [0.29, 0.717) is 17.1 Å². The van der Waals surface area contributed by atoms with E-state index in [1.54, 1.807) is 6.07 Å². The zero-order valence-corrected chi connectivity index (χ0v) is 20.8. The van der Waals surface area contributed by atoms with Crippen LogP contribution in [0, 0.1) is 5.92 Å². The quantitative estimate of drug-likeness (QED) is 0.482. The zero-order chi connectivity index (χ0) is 23.8. The Kier molecular flexibility index (Phi) is 9.87. The molecule has 172 valence electrons. The fourth-order valence-corrected chi connectivity index (χ4v) is 4.15. The van der Waals surface area contributed by atoms with Gasteiger partial charge in [0, 0.05) is 17.0 Å². The Morgan fingerprint density at radius 3 is 2.41 bits per heavy atom. The smallest absolute Gasteiger partial charge is 0.253 e. The van der Waals surface area contributed by atoms with Crippen LogP contribution in [0.5, 0.6) is 0 Å². The van der Waals surface area contributed by atoms with Crippen LogP contribution in [0.4, 0.5) is 5.69 Å². The van der Waals surface area contributed by atoms with Crippen LogP contribution in [-0.2, 0) is 9.59 Å². The first-order valence-electron chi connectivity index (χ1n) is 10.1. The summed E-state index contributed by atoms with van der Waals surface area (Å²) in [6.07, 6.45) is 2.34. The number of likely N-dealkylation sites (N-methyl/N-ethyl adjacent to an activating group) is 1. The summed E-state index contributed by atoms with van der Waals surface area (Å²) in [5, 5.41) is 6.20. The lowest BCUT2D eigenvalue weighted by atomic mass is 10.0. The van der Waals surface area contributed by atoms with E-state index in [4.69, 9.17) is 23.2 Å². The molecular weight excluding hydrogens is 469 g/mol. The molecule has 2 rings (SSSR count). The van der Waals surface area contributed by atoms with Crippen LogP contribution in [0.1, 0.15) is 30.6 Å². The molecule has 0 heterocycles. The molecule has 2 N–H and O–H groups in total. The predicted molar refractivity (Wildman–Crippen MR) is 132 cm³/mol. The number of rotatable bonds is 9. The van der Waals surface area contributed by atoms with Crippen molar-refractivity contribution >= 4 is 58.4 Å². The zero-order valence-electron chi connectivity index (χ0n) is 18.4. The Balaban J connectivity index is 2.08. The van der Waals surface area contributed by atoms with Crippen LogP contribution >= 0.6 is 35.0 Å². The molecule has 0 aliphatic carbocycles. The first-order chi connectivity index (χ1) is 15.1. The summed E-state index contributed by atoms with van der Waals surface area (Å²) in [5.74, 6) is -1.01. The first kappa shape index (κ1) is 26.0. The summed E-state index contributed by atoms with van der Waals surface area (Å²) in [6.45, 7) is 3.76. The van der Waals surface area contributed by atoms with Crippen LogP contribution in [0.3, 0.4) is 0 Å². The lowest BCUT2D eigenvalue weighted by Crippen LogP contribution is -2.49. The van der Waals surface area contributed by atoms with Gasteiger partial charge in [-0.3, -0.25) is 14.4 Å². The van der Waals surface area contributed by atoms with Gasteiger partial charge in [0.15, 0.2) is 0 Å². The molecule has 0 radical (unpaired) electrons. The first-order valence-corrected chi connectivity index (χ1v) is 12.0. The number of nitrogens with one attached hydrogen (secondary N) is 2. The molecule has 0 aliphatic rings.